The van der Waals surface area contributed by atoms with Gasteiger partial charge >= 0.3 is 0 Å². The largest absolute Gasteiger partial charge is 0.378 e. The van der Waals surface area contributed by atoms with Gasteiger partial charge in [-0.25, -0.2) is 9.97 Å². The lowest BCUT2D eigenvalue weighted by molar-refractivity contribution is 0.630. The predicted octanol–water partition coefficient (Wildman–Crippen LogP) is 3.51. The topological polar surface area (TPSA) is 58.9 Å². The van der Waals surface area contributed by atoms with Crippen LogP contribution in [0.5, 0.6) is 0 Å². The Labute approximate surface area is 148 Å². The van der Waals surface area contributed by atoms with Gasteiger partial charge < -0.3 is 10.2 Å². The van der Waals surface area contributed by atoms with Crippen molar-refractivity contribution in [2.24, 2.45) is 7.05 Å². The summed E-state index contributed by atoms with van der Waals surface area (Å²) in [6, 6.07) is 12.4. The number of anilines is 2. The van der Waals surface area contributed by atoms with Gasteiger partial charge in [0.25, 0.3) is 0 Å². The third-order valence-corrected chi connectivity index (χ3v) is 4.26. The fourth-order valence-corrected chi connectivity index (χ4v) is 2.79. The molecule has 1 unspecified atom stereocenters. The molecule has 6 nitrogen and oxygen atoms in total. The summed E-state index contributed by atoms with van der Waals surface area (Å²) in [6.45, 7) is 2.13. The number of nitrogens with zero attached hydrogens (tertiary/aromatic N) is 5. The number of aryl methyl sites for hydroxylation is 1. The van der Waals surface area contributed by atoms with E-state index in [0.29, 0.717) is 5.95 Å². The Bertz CT molecular complexity index is 822. The van der Waals surface area contributed by atoms with Crippen molar-refractivity contribution in [2.45, 2.75) is 19.4 Å². The van der Waals surface area contributed by atoms with Crippen LogP contribution < -0.4 is 10.2 Å². The highest BCUT2D eigenvalue weighted by Crippen LogP contribution is 2.23. The number of rotatable bonds is 6. The van der Waals surface area contributed by atoms with E-state index >= 15 is 0 Å². The van der Waals surface area contributed by atoms with Crippen LogP contribution in [0, 0.1) is 0 Å². The summed E-state index contributed by atoms with van der Waals surface area (Å²) in [6.07, 6.45) is 4.52. The van der Waals surface area contributed by atoms with Crippen molar-refractivity contribution >= 4 is 11.6 Å². The quantitative estimate of drug-likeness (QED) is 0.746. The Morgan fingerprint density at radius 2 is 1.84 bits per heavy atom. The number of benzene rings is 1. The summed E-state index contributed by atoms with van der Waals surface area (Å²) in [5.74, 6) is 0.627. The smallest absolute Gasteiger partial charge is 0.223 e. The van der Waals surface area contributed by atoms with E-state index in [2.05, 4.69) is 56.5 Å². The van der Waals surface area contributed by atoms with Gasteiger partial charge in [0.05, 0.1) is 17.4 Å². The molecule has 0 fully saturated rings. The Morgan fingerprint density at radius 1 is 1.08 bits per heavy atom. The van der Waals surface area contributed by atoms with E-state index in [1.807, 2.05) is 44.2 Å². The van der Waals surface area contributed by atoms with Crippen molar-refractivity contribution in [3.05, 3.63) is 54.5 Å². The average molecular weight is 336 g/mol. The third kappa shape index (κ3) is 3.79. The lowest BCUT2D eigenvalue weighted by Crippen LogP contribution is -2.15. The molecule has 1 N–H and O–H groups in total. The molecule has 6 heteroatoms. The molecule has 0 amide bonds. The van der Waals surface area contributed by atoms with E-state index < -0.39 is 0 Å². The van der Waals surface area contributed by atoms with Crippen LogP contribution in [0.3, 0.4) is 0 Å². The first-order valence-electron chi connectivity index (χ1n) is 8.43. The van der Waals surface area contributed by atoms with Gasteiger partial charge in [-0.1, -0.05) is 19.1 Å². The van der Waals surface area contributed by atoms with Crippen LogP contribution in [0.1, 0.15) is 25.1 Å². The molecule has 2 heterocycles. The summed E-state index contributed by atoms with van der Waals surface area (Å²) >= 11 is 0. The minimum Gasteiger partial charge on any atom is -0.378 e. The van der Waals surface area contributed by atoms with Crippen molar-refractivity contribution < 1.29 is 0 Å². The maximum absolute atomic E-state index is 4.68. The molecule has 25 heavy (non-hydrogen) atoms. The number of nitrogens with one attached hydrogen (secondary N) is 1. The van der Waals surface area contributed by atoms with Crippen LogP contribution in [0.25, 0.3) is 11.3 Å². The first kappa shape index (κ1) is 17.0. The molecule has 2 aromatic heterocycles. The highest BCUT2D eigenvalue weighted by molar-refractivity contribution is 5.63. The molecule has 3 rings (SSSR count). The fraction of sp³-hybridized carbons (Fsp3) is 0.316. The molecule has 0 bridgehead atoms. The minimum atomic E-state index is 0.124. The second-order valence-electron chi connectivity index (χ2n) is 6.19. The molecule has 0 aliphatic heterocycles. The Kier molecular flexibility index (Phi) is 4.97. The van der Waals surface area contributed by atoms with Gasteiger partial charge in [0.15, 0.2) is 0 Å². The number of hydrogen-bond acceptors (Lipinski definition) is 5. The van der Waals surface area contributed by atoms with E-state index in [1.54, 1.807) is 6.20 Å². The molecule has 3 aromatic rings. The normalized spacial score (nSPS) is 12.0. The first-order valence-corrected chi connectivity index (χ1v) is 8.43. The molecule has 1 aromatic carbocycles. The van der Waals surface area contributed by atoms with Crippen LogP contribution in [0.15, 0.2) is 48.8 Å². The van der Waals surface area contributed by atoms with Gasteiger partial charge in [0, 0.05) is 44.8 Å². The van der Waals surface area contributed by atoms with E-state index in [9.17, 15) is 0 Å². The second-order valence-corrected chi connectivity index (χ2v) is 6.19. The Balaban J connectivity index is 1.82. The standard InChI is InChI=1S/C19H24N6/c1-5-16(18-11-13-21-25(18)4)22-19-20-12-10-17(23-19)14-6-8-15(9-7-14)24(2)3/h6-13,16H,5H2,1-4H3,(H,20,22,23). The number of hydrogen-bond donors (Lipinski definition) is 1. The maximum Gasteiger partial charge on any atom is 0.223 e. The molecule has 130 valence electrons. The Morgan fingerprint density at radius 3 is 2.44 bits per heavy atom. The van der Waals surface area contributed by atoms with E-state index in [1.165, 1.54) is 5.69 Å². The van der Waals surface area contributed by atoms with E-state index in [4.69, 9.17) is 0 Å². The second kappa shape index (κ2) is 7.34. The first-order chi connectivity index (χ1) is 12.1. The lowest BCUT2D eigenvalue weighted by atomic mass is 10.1. The highest BCUT2D eigenvalue weighted by Gasteiger charge is 2.14. The van der Waals surface area contributed by atoms with Crippen molar-refractivity contribution in [1.29, 1.82) is 0 Å². The minimum absolute atomic E-state index is 0.124. The van der Waals surface area contributed by atoms with Gasteiger partial charge in [-0.15, -0.1) is 0 Å². The summed E-state index contributed by atoms with van der Waals surface area (Å²) in [7, 11) is 6.01. The zero-order valence-electron chi connectivity index (χ0n) is 15.1. The molecule has 0 saturated heterocycles. The summed E-state index contributed by atoms with van der Waals surface area (Å²) < 4.78 is 1.88. The van der Waals surface area contributed by atoms with Crippen molar-refractivity contribution in [3.63, 3.8) is 0 Å². The van der Waals surface area contributed by atoms with E-state index in [0.717, 1.165) is 23.4 Å². The van der Waals surface area contributed by atoms with Crippen molar-refractivity contribution in [3.8, 4) is 11.3 Å². The van der Waals surface area contributed by atoms with Gasteiger partial charge in [0.2, 0.25) is 5.95 Å². The third-order valence-electron chi connectivity index (χ3n) is 4.26. The summed E-state index contributed by atoms with van der Waals surface area (Å²) in [4.78, 5) is 11.1. The van der Waals surface area contributed by atoms with Crippen LogP contribution in [-0.4, -0.2) is 33.8 Å². The van der Waals surface area contributed by atoms with Crippen molar-refractivity contribution in [2.75, 3.05) is 24.3 Å². The van der Waals surface area contributed by atoms with Gasteiger partial charge in [-0.2, -0.15) is 5.10 Å². The zero-order valence-corrected chi connectivity index (χ0v) is 15.1. The van der Waals surface area contributed by atoms with Gasteiger partial charge in [0.1, 0.15) is 0 Å². The molecule has 0 saturated carbocycles. The van der Waals surface area contributed by atoms with Crippen LogP contribution in [0.2, 0.25) is 0 Å². The summed E-state index contributed by atoms with van der Waals surface area (Å²) in [5.41, 5.74) is 4.26. The van der Waals surface area contributed by atoms with Crippen molar-refractivity contribution in [1.82, 2.24) is 19.7 Å². The number of aromatic nitrogens is 4. The lowest BCUT2D eigenvalue weighted by Gasteiger charge is -2.17. The monoisotopic (exact) mass is 336 g/mol. The zero-order chi connectivity index (χ0) is 17.8. The summed E-state index contributed by atoms with van der Waals surface area (Å²) in [5, 5.41) is 7.67. The van der Waals surface area contributed by atoms with Gasteiger partial charge in [-0.3, -0.25) is 4.68 Å². The molecule has 0 aliphatic rings. The molecule has 0 radical (unpaired) electrons. The van der Waals surface area contributed by atoms with Crippen LogP contribution in [0.4, 0.5) is 11.6 Å². The molecule has 0 spiro atoms. The van der Waals surface area contributed by atoms with E-state index in [-0.39, 0.29) is 6.04 Å². The predicted molar refractivity (Wildman–Crippen MR) is 102 cm³/mol. The molecular formula is C19H24N6. The maximum atomic E-state index is 4.68. The molecular weight excluding hydrogens is 312 g/mol. The van der Waals surface area contributed by atoms with Gasteiger partial charge in [-0.05, 0) is 30.7 Å². The Hall–Kier alpha value is -2.89. The van der Waals surface area contributed by atoms with Crippen LogP contribution >= 0.6 is 0 Å². The SMILES string of the molecule is CCC(Nc1nccc(-c2ccc(N(C)C)cc2)n1)c1ccnn1C. The molecule has 0 aliphatic carbocycles. The molecule has 1 atom stereocenters. The van der Waals surface area contributed by atoms with Crippen LogP contribution in [-0.2, 0) is 7.05 Å². The fourth-order valence-electron chi connectivity index (χ4n) is 2.79. The highest BCUT2D eigenvalue weighted by atomic mass is 15.3. The average Bonchev–Trinajstić information content (AvgIpc) is 3.06.